The Morgan fingerprint density at radius 3 is 3.00 bits per heavy atom. The van der Waals surface area contributed by atoms with Crippen LogP contribution in [0.25, 0.3) is 0 Å². The van der Waals surface area contributed by atoms with Gasteiger partial charge in [-0.15, -0.1) is 0 Å². The molecule has 0 aliphatic carbocycles. The van der Waals surface area contributed by atoms with Gasteiger partial charge in [0.25, 0.3) is 0 Å². The molecule has 0 N–H and O–H groups in total. The fourth-order valence-electron chi connectivity index (χ4n) is 0.832. The van der Waals surface area contributed by atoms with Gasteiger partial charge in [-0.1, -0.05) is 12.2 Å². The summed E-state index contributed by atoms with van der Waals surface area (Å²) < 4.78 is 10.5. The largest absolute Gasteiger partial charge is 0.375 e. The second-order valence-corrected chi connectivity index (χ2v) is 2.90. The van der Waals surface area contributed by atoms with Crippen molar-refractivity contribution in [2.24, 2.45) is 0 Å². The summed E-state index contributed by atoms with van der Waals surface area (Å²) in [5, 5.41) is 0. The van der Waals surface area contributed by atoms with Crippen LogP contribution in [0.15, 0.2) is 12.2 Å². The maximum Gasteiger partial charge on any atom is 0.104 e. The highest BCUT2D eigenvalue weighted by Crippen LogP contribution is 2.10. The Labute approximate surface area is 68.2 Å². The van der Waals surface area contributed by atoms with Crippen LogP contribution in [0.2, 0.25) is 0 Å². The zero-order valence-electron chi connectivity index (χ0n) is 7.25. The first-order chi connectivity index (χ1) is 5.33. The summed E-state index contributed by atoms with van der Waals surface area (Å²) in [7, 11) is 0. The summed E-state index contributed by atoms with van der Waals surface area (Å²) in [6, 6.07) is 0. The second-order valence-electron chi connectivity index (χ2n) is 2.90. The van der Waals surface area contributed by atoms with Gasteiger partial charge >= 0.3 is 0 Å². The number of allylic oxidation sites excluding steroid dienone is 1. The van der Waals surface area contributed by atoms with E-state index < -0.39 is 0 Å². The third-order valence-corrected chi connectivity index (χ3v) is 1.67. The highest BCUT2D eigenvalue weighted by molar-refractivity contribution is 4.79. The lowest BCUT2D eigenvalue weighted by Crippen LogP contribution is -2.11. The highest BCUT2D eigenvalue weighted by Gasteiger charge is 2.22. The molecule has 0 saturated carbocycles. The predicted octanol–water partition coefficient (Wildman–Crippen LogP) is 1.76. The summed E-state index contributed by atoms with van der Waals surface area (Å²) in [5.41, 5.74) is 0. The van der Waals surface area contributed by atoms with Crippen molar-refractivity contribution in [2.75, 3.05) is 13.2 Å². The van der Waals surface area contributed by atoms with Crippen molar-refractivity contribution in [3.63, 3.8) is 0 Å². The van der Waals surface area contributed by atoms with Crippen LogP contribution in [0, 0.1) is 0 Å². The molecule has 2 heteroatoms. The lowest BCUT2D eigenvalue weighted by Gasteiger charge is -2.08. The molecule has 2 atom stereocenters. The monoisotopic (exact) mass is 156 g/mol. The second kappa shape index (κ2) is 4.52. The zero-order chi connectivity index (χ0) is 8.10. The van der Waals surface area contributed by atoms with Crippen LogP contribution in [0.1, 0.15) is 20.3 Å². The Bertz CT molecular complexity index is 128. The van der Waals surface area contributed by atoms with E-state index in [4.69, 9.17) is 9.47 Å². The summed E-state index contributed by atoms with van der Waals surface area (Å²) in [6.07, 6.45) is 5.90. The summed E-state index contributed by atoms with van der Waals surface area (Å²) in [6.45, 7) is 5.76. The van der Waals surface area contributed by atoms with Crippen LogP contribution in [0.5, 0.6) is 0 Å². The molecule has 0 aromatic heterocycles. The predicted molar refractivity (Wildman–Crippen MR) is 44.6 cm³/mol. The van der Waals surface area contributed by atoms with Gasteiger partial charge in [0.1, 0.15) is 6.10 Å². The van der Waals surface area contributed by atoms with Gasteiger partial charge in [0, 0.05) is 0 Å². The normalized spacial score (nSPS) is 25.8. The summed E-state index contributed by atoms with van der Waals surface area (Å²) in [5.74, 6) is 0. The number of ether oxygens (including phenoxy) is 2. The van der Waals surface area contributed by atoms with Gasteiger partial charge in [-0.05, 0) is 20.3 Å². The molecule has 0 amide bonds. The third kappa shape index (κ3) is 4.17. The van der Waals surface area contributed by atoms with Crippen LogP contribution >= 0.6 is 0 Å². The van der Waals surface area contributed by atoms with Crippen molar-refractivity contribution >= 4 is 0 Å². The average Bonchev–Trinajstić information content (AvgIpc) is 2.80. The third-order valence-electron chi connectivity index (χ3n) is 1.67. The van der Waals surface area contributed by atoms with Gasteiger partial charge in [0.2, 0.25) is 0 Å². The molecule has 1 rings (SSSR count). The van der Waals surface area contributed by atoms with E-state index in [2.05, 4.69) is 13.0 Å². The molecule has 0 radical (unpaired) electrons. The van der Waals surface area contributed by atoms with Crippen molar-refractivity contribution in [1.82, 2.24) is 0 Å². The fraction of sp³-hybridized carbons (Fsp3) is 0.778. The van der Waals surface area contributed by atoms with Crippen LogP contribution < -0.4 is 0 Å². The quantitative estimate of drug-likeness (QED) is 0.447. The first-order valence-corrected chi connectivity index (χ1v) is 4.17. The minimum absolute atomic E-state index is 0.329. The molecule has 0 aromatic carbocycles. The van der Waals surface area contributed by atoms with Crippen LogP contribution in [-0.2, 0) is 9.47 Å². The number of epoxide rings is 1. The minimum Gasteiger partial charge on any atom is -0.375 e. The molecular weight excluding hydrogens is 140 g/mol. The molecule has 1 saturated heterocycles. The molecule has 1 aliphatic heterocycles. The molecule has 2 unspecified atom stereocenters. The van der Waals surface area contributed by atoms with E-state index >= 15 is 0 Å². The molecule has 0 aromatic rings. The Morgan fingerprint density at radius 1 is 1.73 bits per heavy atom. The standard InChI is InChI=1S/C9H16O2/c1-3-4-5-8(2)10-6-9-7-11-9/h3-4,8-9H,5-7H2,1-2H3. The first kappa shape index (κ1) is 8.75. The van der Waals surface area contributed by atoms with Crippen molar-refractivity contribution in [3.05, 3.63) is 12.2 Å². The van der Waals surface area contributed by atoms with Crippen LogP contribution in [-0.4, -0.2) is 25.4 Å². The van der Waals surface area contributed by atoms with Crippen molar-refractivity contribution in [1.29, 1.82) is 0 Å². The molecule has 11 heavy (non-hydrogen) atoms. The lowest BCUT2D eigenvalue weighted by molar-refractivity contribution is 0.0564. The van der Waals surface area contributed by atoms with Crippen LogP contribution in [0.3, 0.4) is 0 Å². The number of hydrogen-bond acceptors (Lipinski definition) is 2. The van der Waals surface area contributed by atoms with Crippen molar-refractivity contribution in [3.8, 4) is 0 Å². The number of hydrogen-bond donors (Lipinski definition) is 0. The van der Waals surface area contributed by atoms with Gasteiger partial charge in [-0.3, -0.25) is 0 Å². The minimum atomic E-state index is 0.329. The summed E-state index contributed by atoms with van der Waals surface area (Å²) in [4.78, 5) is 0. The average molecular weight is 156 g/mol. The van der Waals surface area contributed by atoms with Crippen LogP contribution in [0.4, 0.5) is 0 Å². The molecule has 2 nitrogen and oxygen atoms in total. The zero-order valence-corrected chi connectivity index (χ0v) is 7.25. The molecular formula is C9H16O2. The maximum absolute atomic E-state index is 5.49. The van der Waals surface area contributed by atoms with E-state index in [0.29, 0.717) is 12.2 Å². The van der Waals surface area contributed by atoms with Gasteiger partial charge < -0.3 is 9.47 Å². The molecule has 0 bridgehead atoms. The summed E-state index contributed by atoms with van der Waals surface area (Å²) >= 11 is 0. The van der Waals surface area contributed by atoms with Gasteiger partial charge in [0.15, 0.2) is 0 Å². The highest BCUT2D eigenvalue weighted by atomic mass is 16.6. The van der Waals surface area contributed by atoms with E-state index in [9.17, 15) is 0 Å². The fourth-order valence-corrected chi connectivity index (χ4v) is 0.832. The molecule has 1 aliphatic rings. The molecule has 1 fully saturated rings. The maximum atomic E-state index is 5.49. The van der Waals surface area contributed by atoms with Gasteiger partial charge in [-0.25, -0.2) is 0 Å². The number of rotatable bonds is 5. The van der Waals surface area contributed by atoms with E-state index in [1.807, 2.05) is 13.0 Å². The molecule has 1 heterocycles. The molecule has 64 valence electrons. The van der Waals surface area contributed by atoms with Crippen molar-refractivity contribution in [2.45, 2.75) is 32.5 Å². The topological polar surface area (TPSA) is 21.8 Å². The Morgan fingerprint density at radius 2 is 2.45 bits per heavy atom. The van der Waals surface area contributed by atoms with E-state index in [1.165, 1.54) is 0 Å². The SMILES string of the molecule is CC=CCC(C)OCC1CO1. The first-order valence-electron chi connectivity index (χ1n) is 4.17. The van der Waals surface area contributed by atoms with E-state index in [-0.39, 0.29) is 0 Å². The Hall–Kier alpha value is -0.340. The lowest BCUT2D eigenvalue weighted by atomic mass is 10.2. The Kier molecular flexibility index (Phi) is 3.60. The van der Waals surface area contributed by atoms with Gasteiger partial charge in [0.05, 0.1) is 19.3 Å². The molecule has 0 spiro atoms. The van der Waals surface area contributed by atoms with Gasteiger partial charge in [-0.2, -0.15) is 0 Å². The van der Waals surface area contributed by atoms with Crippen molar-refractivity contribution < 1.29 is 9.47 Å². The van der Waals surface area contributed by atoms with E-state index in [0.717, 1.165) is 19.6 Å². The smallest absolute Gasteiger partial charge is 0.104 e. The Balaban J connectivity index is 1.95. The van der Waals surface area contributed by atoms with E-state index in [1.54, 1.807) is 0 Å².